The van der Waals surface area contributed by atoms with E-state index in [0.717, 1.165) is 10.0 Å². The predicted octanol–water partition coefficient (Wildman–Crippen LogP) is 2.41. The summed E-state index contributed by atoms with van der Waals surface area (Å²) in [6.07, 6.45) is 0. The highest BCUT2D eigenvalue weighted by atomic mass is 79.9. The molecule has 1 rings (SSSR count). The van der Waals surface area contributed by atoms with Gasteiger partial charge in [-0.05, 0) is 54.4 Å². The molecule has 2 N–H and O–H groups in total. The molecule has 0 saturated heterocycles. The number of anilines is 1. The number of rotatable bonds is 4. The van der Waals surface area contributed by atoms with E-state index < -0.39 is 10.2 Å². The molecule has 0 aliphatic rings. The molecule has 0 heterocycles. The Morgan fingerprint density at radius 3 is 2.44 bits per heavy atom. The molecule has 0 aromatic heterocycles. The molecular weight excluding hydrogens is 292 g/mol. The standard InChI is InChI=1S/C10H15BrN2O2S/c1-7(2)12-16(14,15)13-10-5-4-8(3)6-9(10)11/h4-7,12-13H,1-3H3. The third-order valence-electron chi connectivity index (χ3n) is 1.76. The summed E-state index contributed by atoms with van der Waals surface area (Å²) in [5.41, 5.74) is 1.59. The second-order valence-electron chi connectivity index (χ2n) is 3.86. The molecule has 0 radical (unpaired) electrons. The molecule has 0 fully saturated rings. The molecule has 0 bridgehead atoms. The molecule has 0 unspecified atom stereocenters. The summed E-state index contributed by atoms with van der Waals surface area (Å²) in [5, 5.41) is 0. The minimum atomic E-state index is -3.50. The zero-order valence-corrected chi connectivity index (χ0v) is 11.8. The molecule has 4 nitrogen and oxygen atoms in total. The van der Waals surface area contributed by atoms with Crippen molar-refractivity contribution in [2.75, 3.05) is 4.72 Å². The number of hydrogen-bond acceptors (Lipinski definition) is 2. The van der Waals surface area contributed by atoms with Gasteiger partial charge >= 0.3 is 0 Å². The Kier molecular flexibility index (Phi) is 4.35. The quantitative estimate of drug-likeness (QED) is 0.897. The monoisotopic (exact) mass is 306 g/mol. The Morgan fingerprint density at radius 1 is 1.31 bits per heavy atom. The predicted molar refractivity (Wildman–Crippen MR) is 69.7 cm³/mol. The van der Waals surface area contributed by atoms with E-state index in [4.69, 9.17) is 0 Å². The SMILES string of the molecule is Cc1ccc(NS(=O)(=O)NC(C)C)c(Br)c1. The Hall–Kier alpha value is -0.590. The summed E-state index contributed by atoms with van der Waals surface area (Å²) >= 11 is 3.31. The van der Waals surface area contributed by atoms with Crippen LogP contribution in [-0.4, -0.2) is 14.5 Å². The van der Waals surface area contributed by atoms with Crippen LogP contribution in [0.5, 0.6) is 0 Å². The van der Waals surface area contributed by atoms with Gasteiger partial charge < -0.3 is 0 Å². The lowest BCUT2D eigenvalue weighted by Crippen LogP contribution is -2.35. The lowest BCUT2D eigenvalue weighted by atomic mass is 10.2. The first-order valence-electron chi connectivity index (χ1n) is 4.86. The van der Waals surface area contributed by atoms with Gasteiger partial charge in [-0.1, -0.05) is 6.07 Å². The van der Waals surface area contributed by atoms with Crippen LogP contribution in [0.2, 0.25) is 0 Å². The lowest BCUT2D eigenvalue weighted by molar-refractivity contribution is 0.575. The maximum absolute atomic E-state index is 11.6. The zero-order valence-electron chi connectivity index (χ0n) is 9.41. The van der Waals surface area contributed by atoms with E-state index in [1.807, 2.05) is 19.1 Å². The Balaban J connectivity index is 2.88. The molecule has 0 aliphatic carbocycles. The van der Waals surface area contributed by atoms with Crippen LogP contribution < -0.4 is 9.44 Å². The Labute approximate surface area is 105 Å². The second kappa shape index (κ2) is 5.16. The average molecular weight is 307 g/mol. The van der Waals surface area contributed by atoms with Crippen LogP contribution in [-0.2, 0) is 10.2 Å². The third kappa shape index (κ3) is 4.11. The van der Waals surface area contributed by atoms with Gasteiger partial charge in [0.05, 0.1) is 5.69 Å². The Morgan fingerprint density at radius 2 is 1.94 bits per heavy atom. The van der Waals surface area contributed by atoms with E-state index in [-0.39, 0.29) is 6.04 Å². The molecule has 6 heteroatoms. The first-order chi connectivity index (χ1) is 7.30. The van der Waals surface area contributed by atoms with E-state index >= 15 is 0 Å². The van der Waals surface area contributed by atoms with Gasteiger partial charge in [0, 0.05) is 10.5 Å². The van der Waals surface area contributed by atoms with Gasteiger partial charge in [0.1, 0.15) is 0 Å². The van der Waals surface area contributed by atoms with Crippen LogP contribution in [0.25, 0.3) is 0 Å². The number of hydrogen-bond donors (Lipinski definition) is 2. The van der Waals surface area contributed by atoms with Gasteiger partial charge in [0.2, 0.25) is 0 Å². The molecule has 0 atom stereocenters. The minimum absolute atomic E-state index is 0.137. The highest BCUT2D eigenvalue weighted by Crippen LogP contribution is 2.23. The van der Waals surface area contributed by atoms with Crippen molar-refractivity contribution in [3.63, 3.8) is 0 Å². The summed E-state index contributed by atoms with van der Waals surface area (Å²) in [7, 11) is -3.50. The summed E-state index contributed by atoms with van der Waals surface area (Å²) in [5.74, 6) is 0. The van der Waals surface area contributed by atoms with E-state index in [1.54, 1.807) is 19.9 Å². The first-order valence-corrected chi connectivity index (χ1v) is 7.14. The highest BCUT2D eigenvalue weighted by Gasteiger charge is 2.12. The molecule has 1 aromatic rings. The molecule has 90 valence electrons. The number of aryl methyl sites for hydroxylation is 1. The fourth-order valence-electron chi connectivity index (χ4n) is 1.19. The molecule has 1 aromatic carbocycles. The van der Waals surface area contributed by atoms with Gasteiger partial charge in [-0.25, -0.2) is 0 Å². The fourth-order valence-corrected chi connectivity index (χ4v) is 3.06. The van der Waals surface area contributed by atoms with Crippen LogP contribution >= 0.6 is 15.9 Å². The number of halogens is 1. The normalized spacial score (nSPS) is 11.8. The molecule has 0 saturated carbocycles. The maximum Gasteiger partial charge on any atom is 0.299 e. The summed E-state index contributed by atoms with van der Waals surface area (Å²) in [6, 6.07) is 5.28. The summed E-state index contributed by atoms with van der Waals surface area (Å²) in [6.45, 7) is 5.47. The van der Waals surface area contributed by atoms with Crippen LogP contribution in [0.1, 0.15) is 19.4 Å². The van der Waals surface area contributed by atoms with Crippen molar-refractivity contribution in [3.8, 4) is 0 Å². The number of nitrogens with one attached hydrogen (secondary N) is 2. The largest absolute Gasteiger partial charge is 0.299 e. The van der Waals surface area contributed by atoms with E-state index in [9.17, 15) is 8.42 Å². The highest BCUT2D eigenvalue weighted by molar-refractivity contribution is 9.10. The molecule has 0 spiro atoms. The van der Waals surface area contributed by atoms with Crippen LogP contribution in [0.3, 0.4) is 0 Å². The van der Waals surface area contributed by atoms with Gasteiger partial charge in [0.15, 0.2) is 0 Å². The fraction of sp³-hybridized carbons (Fsp3) is 0.400. The smallest absolute Gasteiger partial charge is 0.270 e. The van der Waals surface area contributed by atoms with Gasteiger partial charge in [-0.2, -0.15) is 13.1 Å². The Bertz CT molecular complexity index is 472. The lowest BCUT2D eigenvalue weighted by Gasteiger charge is -2.13. The van der Waals surface area contributed by atoms with Gasteiger partial charge in [-0.15, -0.1) is 0 Å². The van der Waals surface area contributed by atoms with Crippen LogP contribution in [0.15, 0.2) is 22.7 Å². The summed E-state index contributed by atoms with van der Waals surface area (Å²) in [4.78, 5) is 0. The van der Waals surface area contributed by atoms with Crippen molar-refractivity contribution in [1.82, 2.24) is 4.72 Å². The van der Waals surface area contributed by atoms with Crippen molar-refractivity contribution >= 4 is 31.8 Å². The van der Waals surface area contributed by atoms with Crippen LogP contribution in [0.4, 0.5) is 5.69 Å². The minimum Gasteiger partial charge on any atom is -0.270 e. The molecule has 0 amide bonds. The maximum atomic E-state index is 11.6. The van der Waals surface area contributed by atoms with Gasteiger partial charge in [-0.3, -0.25) is 4.72 Å². The van der Waals surface area contributed by atoms with E-state index in [1.165, 1.54) is 0 Å². The van der Waals surface area contributed by atoms with Crippen molar-refractivity contribution in [2.45, 2.75) is 26.8 Å². The molecular formula is C10H15BrN2O2S. The zero-order chi connectivity index (χ0) is 12.3. The number of benzene rings is 1. The first kappa shape index (κ1) is 13.5. The molecule has 16 heavy (non-hydrogen) atoms. The third-order valence-corrected chi connectivity index (χ3v) is 3.69. The van der Waals surface area contributed by atoms with Crippen molar-refractivity contribution in [3.05, 3.63) is 28.2 Å². The average Bonchev–Trinajstić information content (AvgIpc) is 2.07. The van der Waals surface area contributed by atoms with Gasteiger partial charge in [0.25, 0.3) is 10.2 Å². The second-order valence-corrected chi connectivity index (χ2v) is 6.16. The van der Waals surface area contributed by atoms with Crippen molar-refractivity contribution < 1.29 is 8.42 Å². The topological polar surface area (TPSA) is 58.2 Å². The van der Waals surface area contributed by atoms with Crippen molar-refractivity contribution in [1.29, 1.82) is 0 Å². The van der Waals surface area contributed by atoms with E-state index in [2.05, 4.69) is 25.4 Å². The van der Waals surface area contributed by atoms with Crippen molar-refractivity contribution in [2.24, 2.45) is 0 Å². The van der Waals surface area contributed by atoms with Crippen LogP contribution in [0, 0.1) is 6.92 Å². The summed E-state index contributed by atoms with van der Waals surface area (Å²) < 4.78 is 28.8. The van der Waals surface area contributed by atoms with E-state index in [0.29, 0.717) is 5.69 Å². The molecule has 0 aliphatic heterocycles.